The predicted molar refractivity (Wildman–Crippen MR) is 126 cm³/mol. The molecule has 10 heteroatoms. The maximum absolute atomic E-state index is 13.2. The number of aromatic nitrogens is 2. The summed E-state index contributed by atoms with van der Waals surface area (Å²) in [5, 5.41) is 12.8. The summed E-state index contributed by atoms with van der Waals surface area (Å²) in [6.07, 6.45) is 3.27. The lowest BCUT2D eigenvalue weighted by atomic mass is 10.1. The van der Waals surface area contributed by atoms with Gasteiger partial charge >= 0.3 is 0 Å². The number of carbonyl (C=O) groups excluding carboxylic acids is 1. The van der Waals surface area contributed by atoms with Crippen molar-refractivity contribution in [1.29, 1.82) is 5.26 Å². The predicted octanol–water partition coefficient (Wildman–Crippen LogP) is 4.24. The number of nitrogens with zero attached hydrogens (tertiary/aromatic N) is 3. The Hall–Kier alpha value is -3.38. The average Bonchev–Trinajstić information content (AvgIpc) is 2.80. The zero-order chi connectivity index (χ0) is 23.8. The Morgan fingerprint density at radius 3 is 2.85 bits per heavy atom. The number of benzene rings is 1. The van der Waals surface area contributed by atoms with Crippen LogP contribution in [0, 0.1) is 11.3 Å². The fraction of sp³-hybridized carbons (Fsp3) is 0.217. The first-order chi connectivity index (χ1) is 15.9. The number of ether oxygens (including phenoxy) is 2. The Bertz CT molecular complexity index is 1300. The van der Waals surface area contributed by atoms with E-state index in [0.29, 0.717) is 36.8 Å². The molecule has 0 aliphatic heterocycles. The summed E-state index contributed by atoms with van der Waals surface area (Å²) in [6.45, 7) is 3.26. The molecule has 3 aromatic rings. The fourth-order valence-electron chi connectivity index (χ4n) is 2.85. The topological polar surface area (TPSA) is 106 Å². The van der Waals surface area contributed by atoms with Crippen molar-refractivity contribution in [1.82, 2.24) is 14.7 Å². The maximum Gasteiger partial charge on any atom is 0.269 e. The van der Waals surface area contributed by atoms with Crippen molar-refractivity contribution in [3.63, 3.8) is 0 Å². The van der Waals surface area contributed by atoms with Gasteiger partial charge in [-0.1, -0.05) is 29.3 Å². The zero-order valence-corrected chi connectivity index (χ0v) is 19.2. The first kappa shape index (κ1) is 24.3. The molecule has 0 unspecified atom stereocenters. The van der Waals surface area contributed by atoms with E-state index in [9.17, 15) is 14.9 Å². The van der Waals surface area contributed by atoms with Gasteiger partial charge in [-0.05, 0) is 49.8 Å². The number of halogens is 2. The highest BCUT2D eigenvalue weighted by Gasteiger charge is 2.18. The number of fused-ring (bicyclic) bond motifs is 1. The van der Waals surface area contributed by atoms with Gasteiger partial charge in [0.05, 0.1) is 5.02 Å². The van der Waals surface area contributed by atoms with Crippen molar-refractivity contribution < 1.29 is 14.3 Å². The second-order valence-electron chi connectivity index (χ2n) is 6.72. The molecule has 0 bridgehead atoms. The molecule has 1 aromatic carbocycles. The van der Waals surface area contributed by atoms with Crippen molar-refractivity contribution in [3.8, 4) is 17.7 Å². The van der Waals surface area contributed by atoms with Gasteiger partial charge in [0.2, 0.25) is 5.88 Å². The lowest BCUT2D eigenvalue weighted by Crippen LogP contribution is -2.27. The quantitative estimate of drug-likeness (QED) is 0.275. The number of hydrogen-bond acceptors (Lipinski definition) is 6. The van der Waals surface area contributed by atoms with Gasteiger partial charge in [-0.2, -0.15) is 10.2 Å². The third-order valence-corrected chi connectivity index (χ3v) is 4.97. The van der Waals surface area contributed by atoms with Crippen LogP contribution < -0.4 is 15.6 Å². The molecule has 0 spiro atoms. The van der Waals surface area contributed by atoms with Crippen LogP contribution in [0.2, 0.25) is 10.0 Å². The first-order valence-electron chi connectivity index (χ1n) is 10.1. The van der Waals surface area contributed by atoms with Gasteiger partial charge in [-0.3, -0.25) is 14.0 Å². The second-order valence-corrected chi connectivity index (χ2v) is 7.56. The van der Waals surface area contributed by atoms with E-state index < -0.39 is 11.5 Å². The van der Waals surface area contributed by atoms with E-state index in [1.807, 2.05) is 13.0 Å². The van der Waals surface area contributed by atoms with Crippen LogP contribution in [0.3, 0.4) is 0 Å². The molecule has 0 atom stereocenters. The van der Waals surface area contributed by atoms with E-state index in [4.69, 9.17) is 32.7 Å². The molecule has 0 aliphatic rings. The summed E-state index contributed by atoms with van der Waals surface area (Å²) in [6, 6.07) is 11.4. The van der Waals surface area contributed by atoms with Crippen LogP contribution in [0.4, 0.5) is 0 Å². The maximum atomic E-state index is 13.2. The highest BCUT2D eigenvalue weighted by atomic mass is 35.5. The van der Waals surface area contributed by atoms with Crippen LogP contribution in [0.5, 0.6) is 11.6 Å². The summed E-state index contributed by atoms with van der Waals surface area (Å²) >= 11 is 12.1. The molecule has 33 heavy (non-hydrogen) atoms. The molecule has 0 fully saturated rings. The largest absolute Gasteiger partial charge is 0.437 e. The summed E-state index contributed by atoms with van der Waals surface area (Å²) < 4.78 is 12.3. The van der Waals surface area contributed by atoms with Crippen molar-refractivity contribution in [3.05, 3.63) is 74.1 Å². The summed E-state index contributed by atoms with van der Waals surface area (Å²) in [4.78, 5) is 30.1. The van der Waals surface area contributed by atoms with Crippen LogP contribution in [0.25, 0.3) is 11.7 Å². The molecule has 1 amide bonds. The van der Waals surface area contributed by atoms with Gasteiger partial charge in [0.1, 0.15) is 28.6 Å². The summed E-state index contributed by atoms with van der Waals surface area (Å²) in [7, 11) is 0. The summed E-state index contributed by atoms with van der Waals surface area (Å²) in [5.41, 5.74) is -0.546. The standard InChI is InChI=1S/C23H20Cl2N4O4/c1-2-32-11-5-9-27-21(30)15(14-26)12-17-22(33-19-8-7-16(24)13-18(19)25)28-20-6-3-4-10-29(20)23(17)31/h3-4,6-8,10,12-13H,2,5,9,11H2,1H3,(H,27,30)/b15-12+. The smallest absolute Gasteiger partial charge is 0.269 e. The van der Waals surface area contributed by atoms with Crippen molar-refractivity contribution in [2.75, 3.05) is 19.8 Å². The average molecular weight is 487 g/mol. The second kappa shape index (κ2) is 11.5. The Kier molecular flexibility index (Phi) is 8.44. The molecule has 2 aromatic heterocycles. The first-order valence-corrected chi connectivity index (χ1v) is 10.8. The van der Waals surface area contributed by atoms with Crippen LogP contribution in [-0.4, -0.2) is 35.1 Å². The van der Waals surface area contributed by atoms with Gasteiger partial charge in [0.25, 0.3) is 11.5 Å². The lowest BCUT2D eigenvalue weighted by Gasteiger charge is -2.11. The number of rotatable bonds is 9. The molecule has 0 saturated heterocycles. The SMILES string of the molecule is CCOCCCNC(=O)/C(C#N)=C/c1c(Oc2ccc(Cl)cc2Cl)nc2ccccn2c1=O. The van der Waals surface area contributed by atoms with Gasteiger partial charge in [0, 0.05) is 31.0 Å². The van der Waals surface area contributed by atoms with Crippen molar-refractivity contribution in [2.45, 2.75) is 13.3 Å². The van der Waals surface area contributed by atoms with Crippen LogP contribution >= 0.6 is 23.2 Å². The van der Waals surface area contributed by atoms with Gasteiger partial charge in [-0.15, -0.1) is 0 Å². The Balaban J connectivity index is 2.01. The normalized spacial score (nSPS) is 11.3. The molecule has 0 saturated carbocycles. The Morgan fingerprint density at radius 2 is 2.12 bits per heavy atom. The molecule has 0 radical (unpaired) electrons. The van der Waals surface area contributed by atoms with Crippen LogP contribution in [0.1, 0.15) is 18.9 Å². The zero-order valence-electron chi connectivity index (χ0n) is 17.7. The minimum absolute atomic E-state index is 0.0780. The molecule has 8 nitrogen and oxygen atoms in total. The number of pyridine rings is 1. The number of nitrogens with one attached hydrogen (secondary N) is 1. The fourth-order valence-corrected chi connectivity index (χ4v) is 3.30. The number of carbonyl (C=O) groups is 1. The van der Waals surface area contributed by atoms with Crippen LogP contribution in [-0.2, 0) is 9.53 Å². The third-order valence-electron chi connectivity index (χ3n) is 4.44. The minimum Gasteiger partial charge on any atom is -0.437 e. The molecule has 1 N–H and O–H groups in total. The van der Waals surface area contributed by atoms with Crippen molar-refractivity contribution in [2.24, 2.45) is 0 Å². The Labute approximate surface area is 200 Å². The molecule has 170 valence electrons. The lowest BCUT2D eigenvalue weighted by molar-refractivity contribution is -0.117. The molecule has 3 rings (SSSR count). The van der Waals surface area contributed by atoms with E-state index in [1.54, 1.807) is 24.3 Å². The van der Waals surface area contributed by atoms with E-state index >= 15 is 0 Å². The number of amides is 1. The van der Waals surface area contributed by atoms with E-state index in [0.717, 1.165) is 6.08 Å². The van der Waals surface area contributed by atoms with Crippen molar-refractivity contribution >= 4 is 40.8 Å². The minimum atomic E-state index is -0.623. The summed E-state index contributed by atoms with van der Waals surface area (Å²) in [5.74, 6) is -0.517. The molecular formula is C23H20Cl2N4O4. The molecule has 0 aliphatic carbocycles. The highest BCUT2D eigenvalue weighted by Crippen LogP contribution is 2.32. The Morgan fingerprint density at radius 1 is 1.30 bits per heavy atom. The number of hydrogen-bond donors (Lipinski definition) is 1. The van der Waals surface area contributed by atoms with Gasteiger partial charge < -0.3 is 14.8 Å². The van der Waals surface area contributed by atoms with E-state index in [2.05, 4.69) is 10.3 Å². The van der Waals surface area contributed by atoms with E-state index in [1.165, 1.54) is 22.7 Å². The molecule has 2 heterocycles. The third kappa shape index (κ3) is 6.11. The monoisotopic (exact) mass is 486 g/mol. The highest BCUT2D eigenvalue weighted by molar-refractivity contribution is 6.35. The number of nitriles is 1. The van der Waals surface area contributed by atoms with Gasteiger partial charge in [0.15, 0.2) is 0 Å². The molecular weight excluding hydrogens is 467 g/mol. The van der Waals surface area contributed by atoms with E-state index in [-0.39, 0.29) is 27.8 Å². The van der Waals surface area contributed by atoms with Gasteiger partial charge in [-0.25, -0.2) is 0 Å². The van der Waals surface area contributed by atoms with Crippen LogP contribution in [0.15, 0.2) is 53.0 Å².